The zero-order valence-corrected chi connectivity index (χ0v) is 7.85. The molecule has 0 aliphatic rings. The van der Waals surface area contributed by atoms with Crippen LogP contribution >= 0.6 is 15.9 Å². The molecular weight excluding hydrogens is 212 g/mol. The fourth-order valence-electron chi connectivity index (χ4n) is 0.666. The minimum absolute atomic E-state index is 0.140. The summed E-state index contributed by atoms with van der Waals surface area (Å²) in [5.41, 5.74) is 4.91. The number of carbonyl (C=O) groups excluding carboxylic acids is 2. The Labute approximate surface area is 73.6 Å². The number of nitrogens with one attached hydrogen (secondary N) is 1. The first-order chi connectivity index (χ1) is 5.06. The topological polar surface area (TPSA) is 72.2 Å². The zero-order chi connectivity index (χ0) is 8.85. The standard InChI is InChI=1S/C6H11BrN2O2/c1-4(2-5(8)10)9-6(11)3-7/h4H,2-3H2,1H3,(H2,8,10)(H,9,11). The molecule has 0 fully saturated rings. The van der Waals surface area contributed by atoms with E-state index in [-0.39, 0.29) is 23.7 Å². The van der Waals surface area contributed by atoms with Crippen LogP contribution in [0.25, 0.3) is 0 Å². The van der Waals surface area contributed by atoms with Crippen LogP contribution in [0, 0.1) is 0 Å². The number of nitrogens with two attached hydrogens (primary N) is 1. The molecule has 4 nitrogen and oxygen atoms in total. The molecule has 0 aromatic rings. The average molecular weight is 223 g/mol. The van der Waals surface area contributed by atoms with Gasteiger partial charge in [-0.3, -0.25) is 9.59 Å². The summed E-state index contributed by atoms with van der Waals surface area (Å²) >= 11 is 2.98. The summed E-state index contributed by atoms with van der Waals surface area (Å²) in [5.74, 6) is -0.550. The van der Waals surface area contributed by atoms with Gasteiger partial charge in [0.05, 0.1) is 5.33 Å². The second-order valence-electron chi connectivity index (χ2n) is 2.27. The molecule has 0 aromatic heterocycles. The maximum absolute atomic E-state index is 10.7. The molecule has 3 N–H and O–H groups in total. The first kappa shape index (κ1) is 10.4. The van der Waals surface area contributed by atoms with Crippen LogP contribution in [0.3, 0.4) is 0 Å². The van der Waals surface area contributed by atoms with E-state index in [1.54, 1.807) is 6.92 Å². The molecule has 1 atom stereocenters. The summed E-state index contributed by atoms with van der Waals surface area (Å²) in [5, 5.41) is 2.82. The highest BCUT2D eigenvalue weighted by molar-refractivity contribution is 9.09. The van der Waals surface area contributed by atoms with Crippen molar-refractivity contribution >= 4 is 27.7 Å². The third-order valence-electron chi connectivity index (χ3n) is 1.04. The fourth-order valence-corrected chi connectivity index (χ4v) is 0.828. The number of hydrogen-bond donors (Lipinski definition) is 2. The van der Waals surface area contributed by atoms with Crippen molar-refractivity contribution in [3.05, 3.63) is 0 Å². The van der Waals surface area contributed by atoms with Gasteiger partial charge in [-0.1, -0.05) is 15.9 Å². The molecule has 0 aromatic carbocycles. The highest BCUT2D eigenvalue weighted by Crippen LogP contribution is 1.89. The monoisotopic (exact) mass is 222 g/mol. The lowest BCUT2D eigenvalue weighted by Gasteiger charge is -2.09. The van der Waals surface area contributed by atoms with Crippen LogP contribution in [-0.4, -0.2) is 23.2 Å². The molecule has 2 amide bonds. The SMILES string of the molecule is CC(CC(N)=O)NC(=O)CBr. The van der Waals surface area contributed by atoms with Crippen LogP contribution in [-0.2, 0) is 9.59 Å². The van der Waals surface area contributed by atoms with Crippen molar-refractivity contribution in [3.63, 3.8) is 0 Å². The normalized spacial score (nSPS) is 12.2. The van der Waals surface area contributed by atoms with Gasteiger partial charge in [0.25, 0.3) is 0 Å². The summed E-state index contributed by atoms with van der Waals surface area (Å²) in [6.45, 7) is 1.73. The Kier molecular flexibility index (Phi) is 4.85. The lowest BCUT2D eigenvalue weighted by atomic mass is 10.2. The van der Waals surface area contributed by atoms with Gasteiger partial charge in [-0.15, -0.1) is 0 Å². The van der Waals surface area contributed by atoms with Crippen molar-refractivity contribution in [1.82, 2.24) is 5.32 Å². The summed E-state index contributed by atoms with van der Waals surface area (Å²) < 4.78 is 0. The Hall–Kier alpha value is -0.580. The molecule has 5 heteroatoms. The minimum atomic E-state index is -0.410. The summed E-state index contributed by atoms with van der Waals surface area (Å²) in [6.07, 6.45) is 0.179. The number of alkyl halides is 1. The molecule has 11 heavy (non-hydrogen) atoms. The quantitative estimate of drug-likeness (QED) is 0.645. The van der Waals surface area contributed by atoms with Gasteiger partial charge in [0.15, 0.2) is 0 Å². The fraction of sp³-hybridized carbons (Fsp3) is 0.667. The molecule has 0 bridgehead atoms. The number of amides is 2. The van der Waals surface area contributed by atoms with Crippen LogP contribution in [0.4, 0.5) is 0 Å². The van der Waals surface area contributed by atoms with Crippen molar-refractivity contribution in [2.75, 3.05) is 5.33 Å². The highest BCUT2D eigenvalue weighted by atomic mass is 79.9. The molecule has 0 saturated heterocycles. The Balaban J connectivity index is 3.60. The first-order valence-electron chi connectivity index (χ1n) is 3.20. The number of rotatable bonds is 4. The number of carbonyl (C=O) groups is 2. The van der Waals surface area contributed by atoms with Gasteiger partial charge in [0, 0.05) is 12.5 Å². The van der Waals surface area contributed by atoms with Gasteiger partial charge in [0.2, 0.25) is 11.8 Å². The van der Waals surface area contributed by atoms with Gasteiger partial charge >= 0.3 is 0 Å². The molecular formula is C6H11BrN2O2. The Morgan fingerprint density at radius 2 is 2.18 bits per heavy atom. The van der Waals surface area contributed by atoms with E-state index in [1.807, 2.05) is 0 Å². The van der Waals surface area contributed by atoms with Crippen LogP contribution in [0.1, 0.15) is 13.3 Å². The zero-order valence-electron chi connectivity index (χ0n) is 6.26. The van der Waals surface area contributed by atoms with E-state index >= 15 is 0 Å². The Morgan fingerprint density at radius 1 is 1.64 bits per heavy atom. The van der Waals surface area contributed by atoms with E-state index in [9.17, 15) is 9.59 Å². The van der Waals surface area contributed by atoms with Gasteiger partial charge in [0.1, 0.15) is 0 Å². The minimum Gasteiger partial charge on any atom is -0.370 e. The van der Waals surface area contributed by atoms with Gasteiger partial charge < -0.3 is 11.1 Å². The van der Waals surface area contributed by atoms with Crippen molar-refractivity contribution in [2.45, 2.75) is 19.4 Å². The van der Waals surface area contributed by atoms with Gasteiger partial charge in [-0.05, 0) is 6.92 Å². The van der Waals surface area contributed by atoms with E-state index in [0.29, 0.717) is 0 Å². The van der Waals surface area contributed by atoms with Crippen molar-refractivity contribution < 1.29 is 9.59 Å². The summed E-state index contributed by atoms with van der Waals surface area (Å²) in [6, 6.07) is -0.183. The maximum atomic E-state index is 10.7. The summed E-state index contributed by atoms with van der Waals surface area (Å²) in [4.78, 5) is 21.0. The molecule has 0 aliphatic heterocycles. The van der Waals surface area contributed by atoms with Crippen LogP contribution in [0.5, 0.6) is 0 Å². The van der Waals surface area contributed by atoms with Crippen LogP contribution in [0.15, 0.2) is 0 Å². The van der Waals surface area contributed by atoms with E-state index in [1.165, 1.54) is 0 Å². The first-order valence-corrected chi connectivity index (χ1v) is 4.32. The molecule has 0 radical (unpaired) electrons. The van der Waals surface area contributed by atoms with Crippen molar-refractivity contribution in [3.8, 4) is 0 Å². The second-order valence-corrected chi connectivity index (χ2v) is 2.83. The van der Waals surface area contributed by atoms with Crippen LogP contribution < -0.4 is 11.1 Å². The van der Waals surface area contributed by atoms with E-state index in [2.05, 4.69) is 21.2 Å². The number of hydrogen-bond acceptors (Lipinski definition) is 2. The molecule has 0 saturated carbocycles. The lowest BCUT2D eigenvalue weighted by Crippen LogP contribution is -2.36. The summed E-state index contributed by atoms with van der Waals surface area (Å²) in [7, 11) is 0. The van der Waals surface area contributed by atoms with E-state index in [4.69, 9.17) is 5.73 Å². The van der Waals surface area contributed by atoms with Crippen molar-refractivity contribution in [1.29, 1.82) is 0 Å². The molecule has 0 rings (SSSR count). The largest absolute Gasteiger partial charge is 0.370 e. The molecule has 0 aliphatic carbocycles. The van der Waals surface area contributed by atoms with Gasteiger partial charge in [-0.2, -0.15) is 0 Å². The Morgan fingerprint density at radius 3 is 2.55 bits per heavy atom. The second kappa shape index (κ2) is 5.12. The Bertz CT molecular complexity index is 161. The molecule has 0 spiro atoms. The number of halogens is 1. The third kappa shape index (κ3) is 5.84. The highest BCUT2D eigenvalue weighted by Gasteiger charge is 2.07. The van der Waals surface area contributed by atoms with E-state index in [0.717, 1.165) is 0 Å². The smallest absolute Gasteiger partial charge is 0.230 e. The molecule has 1 unspecified atom stereocenters. The number of primary amides is 1. The predicted octanol–water partition coefficient (Wildman–Crippen LogP) is -0.239. The average Bonchev–Trinajstić information content (AvgIpc) is 1.85. The molecule has 0 heterocycles. The van der Waals surface area contributed by atoms with Crippen molar-refractivity contribution in [2.24, 2.45) is 5.73 Å². The molecule has 64 valence electrons. The third-order valence-corrected chi connectivity index (χ3v) is 1.55. The van der Waals surface area contributed by atoms with Gasteiger partial charge in [-0.25, -0.2) is 0 Å². The van der Waals surface area contributed by atoms with Crippen LogP contribution in [0.2, 0.25) is 0 Å². The maximum Gasteiger partial charge on any atom is 0.230 e. The lowest BCUT2D eigenvalue weighted by molar-refractivity contribution is -0.120. The predicted molar refractivity (Wildman–Crippen MR) is 45.2 cm³/mol. The van der Waals surface area contributed by atoms with E-state index < -0.39 is 5.91 Å².